The highest BCUT2D eigenvalue weighted by Crippen LogP contribution is 2.19. The fraction of sp³-hybridized carbons (Fsp3) is 1.00. The topological polar surface area (TPSA) is 30.5 Å². The van der Waals surface area contributed by atoms with Crippen molar-refractivity contribution in [2.45, 2.75) is 38.5 Å². The molecule has 1 saturated heterocycles. The van der Waals surface area contributed by atoms with E-state index in [9.17, 15) is 0 Å². The predicted octanol–water partition coefficient (Wildman–Crippen LogP) is 1.38. The lowest BCUT2D eigenvalue weighted by Gasteiger charge is -2.23. The number of hydrogen-bond acceptors (Lipinski definition) is 3. The lowest BCUT2D eigenvalue weighted by molar-refractivity contribution is -0.114. The predicted molar refractivity (Wildman–Crippen MR) is 52.6 cm³/mol. The molecule has 2 unspecified atom stereocenters. The van der Waals surface area contributed by atoms with E-state index in [1.807, 2.05) is 0 Å². The molecule has 1 aliphatic rings. The molecule has 78 valence electrons. The van der Waals surface area contributed by atoms with Crippen molar-refractivity contribution in [2.24, 2.45) is 5.92 Å². The van der Waals surface area contributed by atoms with Crippen LogP contribution in [0.15, 0.2) is 0 Å². The van der Waals surface area contributed by atoms with Gasteiger partial charge in [-0.3, -0.25) is 0 Å². The summed E-state index contributed by atoms with van der Waals surface area (Å²) in [5, 5.41) is 3.50. The molecule has 0 radical (unpaired) electrons. The molecule has 1 rings (SSSR count). The summed E-state index contributed by atoms with van der Waals surface area (Å²) in [6, 6.07) is 0.660. The smallest absolute Gasteiger partial charge is 0.157 e. The summed E-state index contributed by atoms with van der Waals surface area (Å²) in [7, 11) is 3.39. The van der Waals surface area contributed by atoms with E-state index in [1.165, 1.54) is 19.4 Å². The summed E-state index contributed by atoms with van der Waals surface area (Å²) in [6.45, 7) is 3.42. The van der Waals surface area contributed by atoms with Gasteiger partial charge in [-0.1, -0.05) is 6.92 Å². The first kappa shape index (κ1) is 11.0. The third kappa shape index (κ3) is 3.25. The van der Waals surface area contributed by atoms with Gasteiger partial charge in [0.2, 0.25) is 0 Å². The van der Waals surface area contributed by atoms with Crippen molar-refractivity contribution in [1.82, 2.24) is 5.32 Å². The van der Waals surface area contributed by atoms with Crippen LogP contribution in [0.4, 0.5) is 0 Å². The SMILES string of the molecule is COC(CC(C)C1CCCN1)OC. The normalized spacial score (nSPS) is 25.4. The largest absolute Gasteiger partial charge is 0.356 e. The molecule has 0 aromatic heterocycles. The Hall–Kier alpha value is -0.120. The van der Waals surface area contributed by atoms with Crippen molar-refractivity contribution in [3.63, 3.8) is 0 Å². The highest BCUT2D eigenvalue weighted by Gasteiger charge is 2.23. The van der Waals surface area contributed by atoms with E-state index >= 15 is 0 Å². The van der Waals surface area contributed by atoms with Crippen molar-refractivity contribution in [2.75, 3.05) is 20.8 Å². The van der Waals surface area contributed by atoms with Gasteiger partial charge >= 0.3 is 0 Å². The molecule has 0 aromatic rings. The van der Waals surface area contributed by atoms with Crippen LogP contribution in [-0.2, 0) is 9.47 Å². The zero-order valence-electron chi connectivity index (χ0n) is 8.88. The number of nitrogens with one attached hydrogen (secondary N) is 1. The molecule has 1 aliphatic heterocycles. The Morgan fingerprint density at radius 1 is 1.38 bits per heavy atom. The zero-order chi connectivity index (χ0) is 9.68. The highest BCUT2D eigenvalue weighted by molar-refractivity contribution is 4.79. The Kier molecular flexibility index (Phi) is 4.70. The lowest BCUT2D eigenvalue weighted by atomic mass is 9.97. The molecule has 3 heteroatoms. The lowest BCUT2D eigenvalue weighted by Crippen LogP contribution is -2.31. The maximum atomic E-state index is 5.18. The number of ether oxygens (including phenoxy) is 2. The zero-order valence-corrected chi connectivity index (χ0v) is 8.88. The van der Waals surface area contributed by atoms with Crippen LogP contribution in [0.25, 0.3) is 0 Å². The van der Waals surface area contributed by atoms with Crippen molar-refractivity contribution < 1.29 is 9.47 Å². The third-order valence-corrected chi connectivity index (χ3v) is 2.88. The standard InChI is InChI=1S/C10H21NO2/c1-8(7-10(12-2)13-3)9-5-4-6-11-9/h8-11H,4-7H2,1-3H3. The molecule has 0 saturated carbocycles. The number of rotatable bonds is 5. The Morgan fingerprint density at radius 2 is 2.08 bits per heavy atom. The van der Waals surface area contributed by atoms with Gasteiger partial charge in [-0.15, -0.1) is 0 Å². The van der Waals surface area contributed by atoms with Crippen LogP contribution >= 0.6 is 0 Å². The van der Waals surface area contributed by atoms with Crippen LogP contribution in [-0.4, -0.2) is 33.1 Å². The minimum Gasteiger partial charge on any atom is -0.356 e. The van der Waals surface area contributed by atoms with E-state index in [0.29, 0.717) is 12.0 Å². The average Bonchev–Trinajstić information content (AvgIpc) is 2.66. The first-order valence-corrected chi connectivity index (χ1v) is 5.07. The molecular formula is C10H21NO2. The molecule has 2 atom stereocenters. The van der Waals surface area contributed by atoms with Crippen LogP contribution in [0.5, 0.6) is 0 Å². The first-order chi connectivity index (χ1) is 6.27. The molecule has 0 aliphatic carbocycles. The van der Waals surface area contributed by atoms with Crippen molar-refractivity contribution in [3.05, 3.63) is 0 Å². The Balaban J connectivity index is 2.25. The van der Waals surface area contributed by atoms with Crippen molar-refractivity contribution in [1.29, 1.82) is 0 Å². The molecule has 13 heavy (non-hydrogen) atoms. The van der Waals surface area contributed by atoms with Gasteiger partial charge in [0.05, 0.1) is 0 Å². The molecule has 3 nitrogen and oxygen atoms in total. The van der Waals surface area contributed by atoms with Crippen molar-refractivity contribution in [3.8, 4) is 0 Å². The van der Waals surface area contributed by atoms with Crippen molar-refractivity contribution >= 4 is 0 Å². The summed E-state index contributed by atoms with van der Waals surface area (Å²) in [5.74, 6) is 0.632. The maximum absolute atomic E-state index is 5.18. The molecule has 0 amide bonds. The summed E-state index contributed by atoms with van der Waals surface area (Å²) in [5.41, 5.74) is 0. The fourth-order valence-electron chi connectivity index (χ4n) is 1.95. The van der Waals surface area contributed by atoms with Crippen LogP contribution in [0, 0.1) is 5.92 Å². The van der Waals surface area contributed by atoms with Crippen LogP contribution in [0.1, 0.15) is 26.2 Å². The fourth-order valence-corrected chi connectivity index (χ4v) is 1.95. The first-order valence-electron chi connectivity index (χ1n) is 5.07. The molecular weight excluding hydrogens is 166 g/mol. The second-order valence-electron chi connectivity index (χ2n) is 3.82. The monoisotopic (exact) mass is 187 g/mol. The Bertz CT molecular complexity index is 131. The van der Waals surface area contributed by atoms with Gasteiger partial charge in [-0.05, 0) is 25.3 Å². The summed E-state index contributed by atoms with van der Waals surface area (Å²) >= 11 is 0. The molecule has 0 bridgehead atoms. The van der Waals surface area contributed by atoms with E-state index in [2.05, 4.69) is 12.2 Å². The second-order valence-corrected chi connectivity index (χ2v) is 3.82. The molecule has 0 spiro atoms. The minimum atomic E-state index is -0.0441. The average molecular weight is 187 g/mol. The molecule has 1 fully saturated rings. The second kappa shape index (κ2) is 5.58. The van der Waals surface area contributed by atoms with E-state index in [-0.39, 0.29) is 6.29 Å². The number of methoxy groups -OCH3 is 2. The third-order valence-electron chi connectivity index (χ3n) is 2.88. The van der Waals surface area contributed by atoms with E-state index in [0.717, 1.165) is 6.42 Å². The molecule has 0 aromatic carbocycles. The summed E-state index contributed by atoms with van der Waals surface area (Å²) in [4.78, 5) is 0. The highest BCUT2D eigenvalue weighted by atomic mass is 16.7. The quantitative estimate of drug-likeness (QED) is 0.660. The van der Waals surface area contributed by atoms with Gasteiger partial charge in [0.1, 0.15) is 0 Å². The van der Waals surface area contributed by atoms with Gasteiger partial charge in [0.15, 0.2) is 6.29 Å². The number of hydrogen-bond donors (Lipinski definition) is 1. The van der Waals surface area contributed by atoms with E-state index in [4.69, 9.17) is 9.47 Å². The molecule has 1 heterocycles. The van der Waals surface area contributed by atoms with Crippen LogP contribution < -0.4 is 5.32 Å². The Labute approximate surface area is 80.8 Å². The Morgan fingerprint density at radius 3 is 2.54 bits per heavy atom. The summed E-state index contributed by atoms with van der Waals surface area (Å²) < 4.78 is 10.4. The molecule has 1 N–H and O–H groups in total. The van der Waals surface area contributed by atoms with E-state index < -0.39 is 0 Å². The summed E-state index contributed by atoms with van der Waals surface area (Å²) in [6.07, 6.45) is 3.53. The van der Waals surface area contributed by atoms with Gasteiger partial charge in [0, 0.05) is 26.7 Å². The minimum absolute atomic E-state index is 0.0441. The maximum Gasteiger partial charge on any atom is 0.157 e. The van der Waals surface area contributed by atoms with E-state index in [1.54, 1.807) is 14.2 Å². The van der Waals surface area contributed by atoms with Gasteiger partial charge < -0.3 is 14.8 Å². The van der Waals surface area contributed by atoms with Gasteiger partial charge in [-0.25, -0.2) is 0 Å². The van der Waals surface area contributed by atoms with Gasteiger partial charge in [-0.2, -0.15) is 0 Å². The van der Waals surface area contributed by atoms with Gasteiger partial charge in [0.25, 0.3) is 0 Å². The van der Waals surface area contributed by atoms with Crippen LogP contribution in [0.2, 0.25) is 0 Å². The van der Waals surface area contributed by atoms with Crippen LogP contribution in [0.3, 0.4) is 0 Å².